The first-order valence-electron chi connectivity index (χ1n) is 5.51. The number of rotatable bonds is 3. The maximum absolute atomic E-state index is 11.3. The van der Waals surface area contributed by atoms with Crippen LogP contribution in [0.3, 0.4) is 0 Å². The highest BCUT2D eigenvalue weighted by molar-refractivity contribution is 7.99. The van der Waals surface area contributed by atoms with Gasteiger partial charge in [-0.1, -0.05) is 0 Å². The molecule has 19 heavy (non-hydrogen) atoms. The van der Waals surface area contributed by atoms with Crippen molar-refractivity contribution in [3.63, 3.8) is 0 Å². The van der Waals surface area contributed by atoms with E-state index in [4.69, 9.17) is 0 Å². The van der Waals surface area contributed by atoms with E-state index in [0.29, 0.717) is 16.0 Å². The molecule has 0 aliphatic rings. The maximum atomic E-state index is 11.3. The first kappa shape index (κ1) is 11.7. The fourth-order valence-corrected chi connectivity index (χ4v) is 2.43. The first-order chi connectivity index (χ1) is 9.26. The second kappa shape index (κ2) is 4.73. The molecule has 0 radical (unpaired) electrons. The van der Waals surface area contributed by atoms with E-state index in [1.807, 2.05) is 16.8 Å². The number of aromatic amines is 1. The second-order valence-corrected chi connectivity index (χ2v) is 4.66. The van der Waals surface area contributed by atoms with Gasteiger partial charge in [0.05, 0.1) is 6.20 Å². The average molecular weight is 274 g/mol. The van der Waals surface area contributed by atoms with Crippen molar-refractivity contribution >= 4 is 23.2 Å². The van der Waals surface area contributed by atoms with Gasteiger partial charge < -0.3 is 14.7 Å². The van der Waals surface area contributed by atoms with E-state index < -0.39 is 0 Å². The fourth-order valence-electron chi connectivity index (χ4n) is 1.59. The van der Waals surface area contributed by atoms with E-state index in [9.17, 15) is 4.79 Å². The molecular formula is C11H10N6OS. The molecule has 96 valence electrons. The van der Waals surface area contributed by atoms with Gasteiger partial charge in [-0.15, -0.1) is 0 Å². The predicted octanol–water partition coefficient (Wildman–Crippen LogP) is 1.01. The highest BCUT2D eigenvalue weighted by Crippen LogP contribution is 2.26. The first-order valence-corrected chi connectivity index (χ1v) is 6.32. The Morgan fingerprint density at radius 3 is 3.05 bits per heavy atom. The van der Waals surface area contributed by atoms with E-state index >= 15 is 0 Å². The van der Waals surface area contributed by atoms with Crippen molar-refractivity contribution in [1.82, 2.24) is 24.3 Å². The fraction of sp³-hybridized carbons (Fsp3) is 0.0909. The number of imidazole rings is 1. The summed E-state index contributed by atoms with van der Waals surface area (Å²) >= 11 is 1.26. The minimum atomic E-state index is -0.193. The quantitative estimate of drug-likeness (QED) is 0.693. The number of H-pyrrole nitrogens is 1. The monoisotopic (exact) mass is 274 g/mol. The van der Waals surface area contributed by atoms with Crippen molar-refractivity contribution in [2.75, 3.05) is 12.4 Å². The summed E-state index contributed by atoms with van der Waals surface area (Å²) in [6.07, 6.45) is 6.84. The van der Waals surface area contributed by atoms with Gasteiger partial charge in [0.25, 0.3) is 5.56 Å². The van der Waals surface area contributed by atoms with Crippen LogP contribution in [0, 0.1) is 0 Å². The third kappa shape index (κ3) is 2.29. The van der Waals surface area contributed by atoms with Crippen molar-refractivity contribution in [2.45, 2.75) is 10.2 Å². The van der Waals surface area contributed by atoms with Crippen molar-refractivity contribution in [3.8, 4) is 0 Å². The van der Waals surface area contributed by atoms with Gasteiger partial charge in [0.2, 0.25) is 0 Å². The third-order valence-corrected chi connectivity index (χ3v) is 3.31. The topological polar surface area (TPSA) is 88.0 Å². The molecule has 3 heterocycles. The van der Waals surface area contributed by atoms with Gasteiger partial charge in [-0.3, -0.25) is 4.79 Å². The van der Waals surface area contributed by atoms with Gasteiger partial charge in [-0.2, -0.15) is 0 Å². The van der Waals surface area contributed by atoms with Crippen LogP contribution in [0.25, 0.3) is 5.65 Å². The minimum absolute atomic E-state index is 0.193. The van der Waals surface area contributed by atoms with Gasteiger partial charge in [0.1, 0.15) is 10.8 Å². The lowest BCUT2D eigenvalue weighted by atomic mass is 10.6. The molecule has 0 amide bonds. The van der Waals surface area contributed by atoms with Gasteiger partial charge in [-0.05, 0) is 11.8 Å². The molecular weight excluding hydrogens is 264 g/mol. The second-order valence-electron chi connectivity index (χ2n) is 3.68. The van der Waals surface area contributed by atoms with Crippen molar-refractivity contribution in [1.29, 1.82) is 0 Å². The lowest BCUT2D eigenvalue weighted by Gasteiger charge is -2.05. The van der Waals surface area contributed by atoms with Crippen molar-refractivity contribution in [3.05, 3.63) is 41.2 Å². The highest BCUT2D eigenvalue weighted by atomic mass is 32.2. The molecule has 8 heteroatoms. The number of fused-ring (bicyclic) bond motifs is 1. The smallest absolute Gasteiger partial charge is 0.251 e. The van der Waals surface area contributed by atoms with Crippen LogP contribution in [0.4, 0.5) is 5.82 Å². The molecule has 0 aromatic carbocycles. The number of hydrogen-bond donors (Lipinski definition) is 2. The van der Waals surface area contributed by atoms with Crippen molar-refractivity contribution in [2.24, 2.45) is 0 Å². The molecule has 7 nitrogen and oxygen atoms in total. The summed E-state index contributed by atoms with van der Waals surface area (Å²) in [4.78, 5) is 26.7. The number of nitrogens with one attached hydrogen (secondary N) is 2. The van der Waals surface area contributed by atoms with Gasteiger partial charge in [-0.25, -0.2) is 15.0 Å². The average Bonchev–Trinajstić information content (AvgIpc) is 2.87. The largest absolute Gasteiger partial charge is 0.372 e. The lowest BCUT2D eigenvalue weighted by molar-refractivity contribution is 0.929. The van der Waals surface area contributed by atoms with Gasteiger partial charge in [0, 0.05) is 31.7 Å². The molecule has 0 spiro atoms. The van der Waals surface area contributed by atoms with E-state index in [2.05, 4.69) is 25.3 Å². The minimum Gasteiger partial charge on any atom is -0.372 e. The van der Waals surface area contributed by atoms with Gasteiger partial charge >= 0.3 is 0 Å². The molecule has 2 N–H and O–H groups in total. The summed E-state index contributed by atoms with van der Waals surface area (Å²) in [5.41, 5.74) is 0.525. The van der Waals surface area contributed by atoms with Crippen LogP contribution in [0.15, 0.2) is 45.8 Å². The standard InChI is InChI=1S/C11H10N6OS/c1-12-7-6-17-5-4-13-9(17)10(15-7)19-11-14-3-2-8(18)16-11/h2-6,12H,1H3,(H,14,16,18). The van der Waals surface area contributed by atoms with Crippen molar-refractivity contribution < 1.29 is 0 Å². The predicted molar refractivity (Wildman–Crippen MR) is 71.5 cm³/mol. The Labute approximate surface area is 112 Å². The Balaban J connectivity index is 2.08. The molecule has 0 saturated carbocycles. The third-order valence-electron chi connectivity index (χ3n) is 2.44. The maximum Gasteiger partial charge on any atom is 0.251 e. The number of nitrogens with zero attached hydrogens (tertiary/aromatic N) is 4. The summed E-state index contributed by atoms with van der Waals surface area (Å²) < 4.78 is 1.86. The van der Waals surface area contributed by atoms with Crippen LogP contribution in [0.2, 0.25) is 0 Å². The zero-order chi connectivity index (χ0) is 13.2. The Morgan fingerprint density at radius 1 is 1.37 bits per heavy atom. The Morgan fingerprint density at radius 2 is 2.26 bits per heavy atom. The van der Waals surface area contributed by atoms with E-state index in [1.165, 1.54) is 24.0 Å². The number of aromatic nitrogens is 5. The van der Waals surface area contributed by atoms with Crippen LogP contribution in [0.5, 0.6) is 0 Å². The summed E-state index contributed by atoms with van der Waals surface area (Å²) in [6.45, 7) is 0. The van der Waals surface area contributed by atoms with Crippen LogP contribution in [0.1, 0.15) is 0 Å². The number of hydrogen-bond acceptors (Lipinski definition) is 6. The highest BCUT2D eigenvalue weighted by Gasteiger charge is 2.10. The zero-order valence-electron chi connectivity index (χ0n) is 9.99. The molecule has 0 saturated heterocycles. The molecule has 3 aromatic heterocycles. The normalized spacial score (nSPS) is 10.8. The van der Waals surface area contributed by atoms with E-state index in [1.54, 1.807) is 13.2 Å². The van der Waals surface area contributed by atoms with Crippen LogP contribution in [-0.4, -0.2) is 31.4 Å². The van der Waals surface area contributed by atoms with Crippen LogP contribution in [-0.2, 0) is 0 Å². The lowest BCUT2D eigenvalue weighted by Crippen LogP contribution is -2.05. The Hall–Kier alpha value is -2.35. The summed E-state index contributed by atoms with van der Waals surface area (Å²) in [5.74, 6) is 0.714. The molecule has 3 aromatic rings. The summed E-state index contributed by atoms with van der Waals surface area (Å²) in [6, 6.07) is 1.37. The molecule has 3 rings (SSSR count). The number of anilines is 1. The zero-order valence-corrected chi connectivity index (χ0v) is 10.8. The molecule has 0 aliphatic carbocycles. The molecule has 0 fully saturated rings. The van der Waals surface area contributed by atoms with Crippen LogP contribution < -0.4 is 10.9 Å². The molecule has 0 aliphatic heterocycles. The van der Waals surface area contributed by atoms with E-state index in [0.717, 1.165) is 5.65 Å². The SMILES string of the molecule is CNc1cn2ccnc2c(Sc2nccc(=O)[nH]2)n1. The molecule has 0 atom stereocenters. The Bertz CT molecular complexity index is 780. The molecule has 0 unspecified atom stereocenters. The summed E-state index contributed by atoms with van der Waals surface area (Å²) in [7, 11) is 1.79. The Kier molecular flexibility index (Phi) is 2.92. The van der Waals surface area contributed by atoms with Gasteiger partial charge in [0.15, 0.2) is 10.8 Å². The van der Waals surface area contributed by atoms with E-state index in [-0.39, 0.29) is 5.56 Å². The summed E-state index contributed by atoms with van der Waals surface area (Å²) in [5, 5.41) is 4.14. The molecule has 0 bridgehead atoms. The van der Waals surface area contributed by atoms with Crippen LogP contribution >= 0.6 is 11.8 Å².